The topological polar surface area (TPSA) is 78.5 Å². The average molecular weight is 969 g/mol. The van der Waals surface area contributed by atoms with Gasteiger partial charge in [-0.05, 0) is 144 Å². The van der Waals surface area contributed by atoms with Crippen LogP contribution < -0.4 is 0 Å². The van der Waals surface area contributed by atoms with Crippen LogP contribution in [0.5, 0.6) is 0 Å². The maximum atomic E-state index is 12.5. The van der Waals surface area contributed by atoms with E-state index < -0.39 is 0 Å². The molecule has 9 aromatic rings. The summed E-state index contributed by atoms with van der Waals surface area (Å²) in [4.78, 5) is 12.5. The molecule has 1 spiro atoms. The first kappa shape index (κ1) is 47.2. The fraction of sp³-hybridized carbons (Fsp3) is 0.269. The zero-order valence-corrected chi connectivity index (χ0v) is 43.2. The van der Waals surface area contributed by atoms with E-state index in [1.807, 2.05) is 42.5 Å². The predicted octanol–water partition coefficient (Wildman–Crippen LogP) is 16.4. The van der Waals surface area contributed by atoms with Crippen LogP contribution in [-0.2, 0) is 16.6 Å². The third-order valence-corrected chi connectivity index (χ3v) is 17.3. The van der Waals surface area contributed by atoms with E-state index in [2.05, 4.69) is 164 Å². The Morgan fingerprint density at radius 1 is 0.500 bits per heavy atom. The lowest BCUT2D eigenvalue weighted by Gasteiger charge is -2.67. The summed E-state index contributed by atoms with van der Waals surface area (Å²) in [6.07, 6.45) is 12.6. The summed E-state index contributed by atoms with van der Waals surface area (Å²) >= 11 is 0. The lowest BCUT2D eigenvalue weighted by atomic mass is 9.36. The van der Waals surface area contributed by atoms with Gasteiger partial charge in [-0.2, -0.15) is 0 Å². The molecular formula is C67H64N6O. The summed E-state index contributed by atoms with van der Waals surface area (Å²) in [5, 5.41) is 19.7. The van der Waals surface area contributed by atoms with Crippen molar-refractivity contribution in [3.63, 3.8) is 0 Å². The van der Waals surface area contributed by atoms with Crippen LogP contribution in [0, 0.1) is 17.8 Å². The summed E-state index contributed by atoms with van der Waals surface area (Å²) in [5.74, 6) is 3.27. The van der Waals surface area contributed by atoms with Gasteiger partial charge in [0.25, 0.3) is 0 Å². The number of nitrogens with zero attached hydrogens (tertiary/aromatic N) is 6. The molecule has 3 aliphatic rings. The van der Waals surface area contributed by atoms with E-state index in [4.69, 9.17) is 20.4 Å². The third kappa shape index (κ3) is 7.57. The van der Waals surface area contributed by atoms with Crippen LogP contribution in [0.1, 0.15) is 107 Å². The van der Waals surface area contributed by atoms with Crippen molar-refractivity contribution in [2.45, 2.75) is 104 Å². The third-order valence-electron chi connectivity index (χ3n) is 17.3. The molecule has 2 fully saturated rings. The van der Waals surface area contributed by atoms with Crippen LogP contribution in [0.25, 0.3) is 79.2 Å². The van der Waals surface area contributed by atoms with Gasteiger partial charge in [0.15, 0.2) is 29.1 Å². The van der Waals surface area contributed by atoms with Gasteiger partial charge in [0.05, 0.1) is 0 Å². The molecular weight excluding hydrogens is 905 g/mol. The Balaban J connectivity index is 0.984. The molecule has 368 valence electrons. The molecule has 3 aliphatic carbocycles. The Kier molecular flexibility index (Phi) is 12.1. The predicted molar refractivity (Wildman–Crippen MR) is 300 cm³/mol. The van der Waals surface area contributed by atoms with Gasteiger partial charge in [0.1, 0.15) is 0 Å². The van der Waals surface area contributed by atoms with Crippen molar-refractivity contribution < 1.29 is 4.79 Å². The van der Waals surface area contributed by atoms with E-state index in [0.717, 1.165) is 75.3 Å². The fourth-order valence-electron chi connectivity index (χ4n) is 14.3. The molecule has 0 atom stereocenters. The SMILES string of the molecule is C=C(C)C(=O)Cc1ccc(-c2nnc(-c3ccc(-c4ccc5c(c4)C4(c6cc(-c7nnc(-c8ccc(C)cc8)n7-c7ccccc7)ccc6-5)C5(CCC)CCCC4(CCC)CCC5)cc3)n2-c2ccccc2)cc1. The second-order valence-corrected chi connectivity index (χ2v) is 21.6. The van der Waals surface area contributed by atoms with Crippen LogP contribution in [0.4, 0.5) is 0 Å². The lowest BCUT2D eigenvalue weighted by molar-refractivity contribution is -0.114. The van der Waals surface area contributed by atoms with Crippen LogP contribution in [0.15, 0.2) is 182 Å². The van der Waals surface area contributed by atoms with E-state index in [9.17, 15) is 4.79 Å². The molecule has 74 heavy (non-hydrogen) atoms. The molecule has 2 heterocycles. The molecule has 2 aromatic heterocycles. The minimum absolute atomic E-state index is 0.0432. The molecule has 2 saturated carbocycles. The molecule has 0 amide bonds. The van der Waals surface area contributed by atoms with Gasteiger partial charge in [-0.1, -0.05) is 185 Å². The molecule has 0 unspecified atom stereocenters. The van der Waals surface area contributed by atoms with Crippen molar-refractivity contribution >= 4 is 5.78 Å². The van der Waals surface area contributed by atoms with Crippen molar-refractivity contribution in [1.29, 1.82) is 0 Å². The highest BCUT2D eigenvalue weighted by Crippen LogP contribution is 2.76. The maximum absolute atomic E-state index is 12.5. The van der Waals surface area contributed by atoms with Crippen molar-refractivity contribution in [3.8, 4) is 79.2 Å². The summed E-state index contributed by atoms with van der Waals surface area (Å²) in [7, 11) is 0. The smallest absolute Gasteiger partial charge is 0.168 e. The molecule has 0 aliphatic heterocycles. The van der Waals surface area contributed by atoms with Crippen LogP contribution in [0.3, 0.4) is 0 Å². The number of ketones is 1. The number of para-hydroxylation sites is 2. The van der Waals surface area contributed by atoms with Crippen molar-refractivity contribution in [2.75, 3.05) is 0 Å². The normalized spacial score (nSPS) is 19.6. The Morgan fingerprint density at radius 3 is 1.35 bits per heavy atom. The van der Waals surface area contributed by atoms with E-state index in [-0.39, 0.29) is 22.0 Å². The summed E-state index contributed by atoms with van der Waals surface area (Å²) in [6, 6.07) is 61.4. The van der Waals surface area contributed by atoms with Crippen molar-refractivity contribution in [3.05, 3.63) is 204 Å². The summed E-state index contributed by atoms with van der Waals surface area (Å²) in [5.41, 5.74) is 17.1. The van der Waals surface area contributed by atoms with Crippen molar-refractivity contribution in [2.24, 2.45) is 10.8 Å². The van der Waals surface area contributed by atoms with Crippen molar-refractivity contribution in [1.82, 2.24) is 29.5 Å². The highest BCUT2D eigenvalue weighted by Gasteiger charge is 2.69. The number of aryl methyl sites for hydroxylation is 1. The number of aromatic nitrogens is 6. The van der Waals surface area contributed by atoms with Crippen LogP contribution >= 0.6 is 0 Å². The molecule has 12 rings (SSSR count). The van der Waals surface area contributed by atoms with Gasteiger partial charge < -0.3 is 0 Å². The number of benzene rings is 7. The van der Waals surface area contributed by atoms with Crippen LogP contribution in [-0.4, -0.2) is 35.3 Å². The lowest BCUT2D eigenvalue weighted by Crippen LogP contribution is -2.62. The Labute approximate surface area is 436 Å². The summed E-state index contributed by atoms with van der Waals surface area (Å²) in [6.45, 7) is 12.6. The molecule has 2 bridgehead atoms. The first-order chi connectivity index (χ1) is 36.2. The molecule has 0 saturated heterocycles. The number of Topliss-reactive ketones (excluding diaryl/α,β-unsaturated/α-hetero) is 1. The van der Waals surface area contributed by atoms with Gasteiger partial charge in [-0.3, -0.25) is 13.9 Å². The number of carbonyl (C=O) groups excluding carboxylic acids is 1. The zero-order valence-electron chi connectivity index (χ0n) is 43.2. The highest BCUT2D eigenvalue weighted by atomic mass is 16.1. The largest absolute Gasteiger partial charge is 0.294 e. The summed E-state index contributed by atoms with van der Waals surface area (Å²) < 4.78 is 4.41. The standard InChI is InChI=1S/C67H64N6O/c1-6-36-65-38-14-40-66(37-7-2,41-15-39-65)67(65)58-43-52(32-34-56(58)57-35-33-53(44-59(57)67)64-71-70-61(49-24-20-46(5)21-25-49)73(64)55-18-12-9-13-19-55)48-28-30-51(31-29-48)63-69-68-62(72(63)54-16-10-8-11-17-54)50-26-22-47(23-27-50)42-60(74)45(3)4/h8-13,16-35,43-44H,3,6-7,14-15,36-42H2,1-2,4-5H3. The zero-order chi connectivity index (χ0) is 50.6. The fourth-order valence-corrected chi connectivity index (χ4v) is 14.3. The Morgan fingerprint density at radius 2 is 0.892 bits per heavy atom. The van der Waals surface area contributed by atoms with Gasteiger partial charge in [0, 0.05) is 45.5 Å². The molecule has 0 radical (unpaired) electrons. The minimum atomic E-state index is -0.169. The Hall–Kier alpha value is -7.77. The average Bonchev–Trinajstić information content (AvgIpc) is 4.20. The first-order valence-electron chi connectivity index (χ1n) is 26.9. The molecule has 0 N–H and O–H groups in total. The number of hydrogen-bond acceptors (Lipinski definition) is 5. The van der Waals surface area contributed by atoms with E-state index in [1.165, 1.54) is 90.3 Å². The van der Waals surface area contributed by atoms with E-state index in [0.29, 0.717) is 12.0 Å². The second-order valence-electron chi connectivity index (χ2n) is 21.6. The quantitative estimate of drug-likeness (QED) is 0.101. The monoisotopic (exact) mass is 969 g/mol. The van der Waals surface area contributed by atoms with Gasteiger partial charge >= 0.3 is 0 Å². The van der Waals surface area contributed by atoms with Gasteiger partial charge in [-0.25, -0.2) is 0 Å². The molecule has 7 nitrogen and oxygen atoms in total. The molecule has 7 heteroatoms. The highest BCUT2D eigenvalue weighted by molar-refractivity contribution is 5.95. The second kappa shape index (κ2) is 18.9. The van der Waals surface area contributed by atoms with Crippen LogP contribution in [0.2, 0.25) is 0 Å². The number of carbonyl (C=O) groups is 1. The number of allylic oxidation sites excluding steroid dienone is 1. The first-order valence-corrected chi connectivity index (χ1v) is 26.9. The van der Waals surface area contributed by atoms with E-state index in [1.54, 1.807) is 6.92 Å². The van der Waals surface area contributed by atoms with Gasteiger partial charge in [-0.15, -0.1) is 20.4 Å². The Bertz CT molecular complexity index is 3500. The van der Waals surface area contributed by atoms with E-state index >= 15 is 0 Å². The number of fused-ring (bicyclic) bond motifs is 3. The van der Waals surface area contributed by atoms with Gasteiger partial charge in [0.2, 0.25) is 0 Å². The molecule has 7 aromatic carbocycles. The maximum Gasteiger partial charge on any atom is 0.168 e. The minimum Gasteiger partial charge on any atom is -0.294 e. The number of rotatable bonds is 14. The number of hydrogen-bond donors (Lipinski definition) is 0.